The van der Waals surface area contributed by atoms with E-state index in [0.717, 1.165) is 42.8 Å². The van der Waals surface area contributed by atoms with Crippen LogP contribution in [0.1, 0.15) is 24.6 Å². The van der Waals surface area contributed by atoms with Gasteiger partial charge in [0.05, 0.1) is 23.5 Å². The van der Waals surface area contributed by atoms with Gasteiger partial charge in [-0.25, -0.2) is 4.52 Å². The van der Waals surface area contributed by atoms with E-state index >= 15 is 0 Å². The second-order valence-electron chi connectivity index (χ2n) is 4.97. The van der Waals surface area contributed by atoms with Gasteiger partial charge in [0.2, 0.25) is 0 Å². The van der Waals surface area contributed by atoms with Crippen LogP contribution < -0.4 is 5.32 Å². The molecular formula is C13H14N6O. The molecule has 1 atom stereocenters. The van der Waals surface area contributed by atoms with Crippen LogP contribution in [-0.2, 0) is 0 Å². The Morgan fingerprint density at radius 3 is 3.25 bits per heavy atom. The van der Waals surface area contributed by atoms with Gasteiger partial charge in [-0.05, 0) is 19.4 Å². The molecule has 102 valence electrons. The van der Waals surface area contributed by atoms with E-state index < -0.39 is 0 Å². The van der Waals surface area contributed by atoms with Crippen molar-refractivity contribution in [1.29, 1.82) is 0 Å². The SMILES string of the molecule is c1cn2ncc(-c3nc(C4CCCNC4)no3)c2cn1. The fourth-order valence-corrected chi connectivity index (χ4v) is 2.58. The zero-order valence-corrected chi connectivity index (χ0v) is 10.9. The van der Waals surface area contributed by atoms with Crippen molar-refractivity contribution in [2.24, 2.45) is 0 Å². The molecule has 3 aromatic heterocycles. The van der Waals surface area contributed by atoms with Crippen LogP contribution in [0.25, 0.3) is 17.0 Å². The molecule has 1 N–H and O–H groups in total. The molecule has 1 fully saturated rings. The zero-order chi connectivity index (χ0) is 13.4. The number of piperidine rings is 1. The number of hydrogen-bond acceptors (Lipinski definition) is 6. The van der Waals surface area contributed by atoms with E-state index in [0.29, 0.717) is 11.8 Å². The predicted molar refractivity (Wildman–Crippen MR) is 71.1 cm³/mol. The normalized spacial score (nSPS) is 19.5. The molecule has 0 spiro atoms. The molecule has 1 unspecified atom stereocenters. The van der Waals surface area contributed by atoms with Gasteiger partial charge in [0.15, 0.2) is 5.82 Å². The van der Waals surface area contributed by atoms with Crippen LogP contribution in [0.15, 0.2) is 29.3 Å². The van der Waals surface area contributed by atoms with Crippen LogP contribution in [0.2, 0.25) is 0 Å². The van der Waals surface area contributed by atoms with Crippen molar-refractivity contribution in [2.75, 3.05) is 13.1 Å². The van der Waals surface area contributed by atoms with Gasteiger partial charge >= 0.3 is 0 Å². The lowest BCUT2D eigenvalue weighted by atomic mass is 9.99. The molecule has 0 bridgehead atoms. The van der Waals surface area contributed by atoms with Crippen molar-refractivity contribution in [1.82, 2.24) is 30.1 Å². The topological polar surface area (TPSA) is 81.1 Å². The molecule has 7 heteroatoms. The third kappa shape index (κ3) is 1.87. The highest BCUT2D eigenvalue weighted by Crippen LogP contribution is 2.26. The average Bonchev–Trinajstić information content (AvgIpc) is 3.14. The Morgan fingerprint density at radius 2 is 2.35 bits per heavy atom. The van der Waals surface area contributed by atoms with Crippen LogP contribution in [0.4, 0.5) is 0 Å². The summed E-state index contributed by atoms with van der Waals surface area (Å²) in [7, 11) is 0. The Hall–Kier alpha value is -2.28. The van der Waals surface area contributed by atoms with Gasteiger partial charge in [0, 0.05) is 24.9 Å². The van der Waals surface area contributed by atoms with E-state index in [2.05, 4.69) is 25.5 Å². The van der Waals surface area contributed by atoms with Crippen LogP contribution >= 0.6 is 0 Å². The first-order valence-electron chi connectivity index (χ1n) is 6.74. The summed E-state index contributed by atoms with van der Waals surface area (Å²) in [6.45, 7) is 1.98. The Kier molecular flexibility index (Phi) is 2.70. The fourth-order valence-electron chi connectivity index (χ4n) is 2.58. The summed E-state index contributed by atoms with van der Waals surface area (Å²) in [5.74, 6) is 1.62. The minimum Gasteiger partial charge on any atom is -0.334 e. The average molecular weight is 270 g/mol. The Morgan fingerprint density at radius 1 is 1.35 bits per heavy atom. The first kappa shape index (κ1) is 11.5. The summed E-state index contributed by atoms with van der Waals surface area (Å²) >= 11 is 0. The molecule has 4 heterocycles. The van der Waals surface area contributed by atoms with Gasteiger partial charge in [-0.1, -0.05) is 5.16 Å². The highest BCUT2D eigenvalue weighted by atomic mass is 16.5. The summed E-state index contributed by atoms with van der Waals surface area (Å²) in [4.78, 5) is 8.63. The predicted octanol–water partition coefficient (Wildman–Crippen LogP) is 1.25. The minimum atomic E-state index is 0.334. The van der Waals surface area contributed by atoms with Gasteiger partial charge in [-0.3, -0.25) is 4.98 Å². The molecule has 0 aromatic carbocycles. The number of rotatable bonds is 2. The second-order valence-corrected chi connectivity index (χ2v) is 4.97. The van der Waals surface area contributed by atoms with Crippen molar-refractivity contribution in [3.05, 3.63) is 30.6 Å². The third-order valence-electron chi connectivity index (χ3n) is 3.66. The first-order valence-corrected chi connectivity index (χ1v) is 6.74. The van der Waals surface area contributed by atoms with Gasteiger partial charge in [0.1, 0.15) is 0 Å². The van der Waals surface area contributed by atoms with Crippen molar-refractivity contribution >= 4 is 5.52 Å². The summed E-state index contributed by atoms with van der Waals surface area (Å²) in [5.41, 5.74) is 1.69. The lowest BCUT2D eigenvalue weighted by molar-refractivity contribution is 0.393. The molecule has 1 saturated heterocycles. The Balaban J connectivity index is 1.70. The molecule has 7 nitrogen and oxygen atoms in total. The first-order chi connectivity index (χ1) is 9.92. The van der Waals surface area contributed by atoms with Crippen molar-refractivity contribution < 1.29 is 4.52 Å². The van der Waals surface area contributed by atoms with Crippen molar-refractivity contribution in [2.45, 2.75) is 18.8 Å². The van der Waals surface area contributed by atoms with E-state index in [1.165, 1.54) is 0 Å². The molecule has 3 aromatic rings. The monoisotopic (exact) mass is 270 g/mol. The van der Waals surface area contributed by atoms with E-state index in [1.54, 1.807) is 29.3 Å². The highest BCUT2D eigenvalue weighted by Gasteiger charge is 2.22. The van der Waals surface area contributed by atoms with Gasteiger partial charge in [-0.2, -0.15) is 10.1 Å². The summed E-state index contributed by atoms with van der Waals surface area (Å²) < 4.78 is 7.14. The zero-order valence-electron chi connectivity index (χ0n) is 10.9. The molecule has 0 aliphatic carbocycles. The standard InChI is InChI=1S/C13H14N6O/c1-2-9(6-14-3-1)12-17-13(20-18-12)10-7-16-19-5-4-15-8-11(10)19/h4-5,7-9,14H,1-3,6H2. The van der Waals surface area contributed by atoms with Crippen molar-refractivity contribution in [3.63, 3.8) is 0 Å². The van der Waals surface area contributed by atoms with E-state index in [4.69, 9.17) is 4.52 Å². The largest absolute Gasteiger partial charge is 0.334 e. The Labute approximate surface area is 115 Å². The highest BCUT2D eigenvalue weighted by molar-refractivity contribution is 5.73. The number of nitrogens with one attached hydrogen (secondary N) is 1. The molecule has 1 aliphatic heterocycles. The maximum absolute atomic E-state index is 5.40. The van der Waals surface area contributed by atoms with E-state index in [-0.39, 0.29) is 0 Å². The molecular weight excluding hydrogens is 256 g/mol. The van der Waals surface area contributed by atoms with Gasteiger partial charge in [0.25, 0.3) is 5.89 Å². The van der Waals surface area contributed by atoms with Crippen molar-refractivity contribution in [3.8, 4) is 11.5 Å². The fraction of sp³-hybridized carbons (Fsp3) is 0.385. The molecule has 0 amide bonds. The second kappa shape index (κ2) is 4.68. The molecule has 0 saturated carbocycles. The lowest BCUT2D eigenvalue weighted by Gasteiger charge is -2.19. The number of fused-ring (bicyclic) bond motifs is 1. The molecule has 1 aliphatic rings. The minimum absolute atomic E-state index is 0.334. The smallest absolute Gasteiger partial charge is 0.261 e. The summed E-state index contributed by atoms with van der Waals surface area (Å²) in [6, 6.07) is 0. The summed E-state index contributed by atoms with van der Waals surface area (Å²) in [6.07, 6.45) is 9.21. The van der Waals surface area contributed by atoms with Gasteiger partial charge < -0.3 is 9.84 Å². The van der Waals surface area contributed by atoms with Crippen LogP contribution in [-0.4, -0.2) is 37.8 Å². The summed E-state index contributed by atoms with van der Waals surface area (Å²) in [5, 5.41) is 11.7. The Bertz CT molecular complexity index is 727. The maximum atomic E-state index is 5.40. The molecule has 0 radical (unpaired) electrons. The maximum Gasteiger partial charge on any atom is 0.261 e. The van der Waals surface area contributed by atoms with E-state index in [9.17, 15) is 0 Å². The van der Waals surface area contributed by atoms with Crippen LogP contribution in [0, 0.1) is 0 Å². The number of nitrogens with zero attached hydrogens (tertiary/aromatic N) is 5. The van der Waals surface area contributed by atoms with Crippen LogP contribution in [0.5, 0.6) is 0 Å². The third-order valence-corrected chi connectivity index (χ3v) is 3.66. The lowest BCUT2D eigenvalue weighted by Crippen LogP contribution is -2.28. The molecule has 4 rings (SSSR count). The van der Waals surface area contributed by atoms with Gasteiger partial charge in [-0.15, -0.1) is 0 Å². The molecule has 20 heavy (non-hydrogen) atoms. The number of aromatic nitrogens is 5. The number of hydrogen-bond donors (Lipinski definition) is 1. The van der Waals surface area contributed by atoms with Crippen LogP contribution in [0.3, 0.4) is 0 Å². The van der Waals surface area contributed by atoms with E-state index in [1.807, 2.05) is 0 Å². The quantitative estimate of drug-likeness (QED) is 0.754.